The molecular formula is C19H26N2O3. The normalized spacial score (nSPS) is 15.0. The smallest absolute Gasteiger partial charge is 0.277 e. The van der Waals surface area contributed by atoms with Crippen molar-refractivity contribution in [3.63, 3.8) is 0 Å². The van der Waals surface area contributed by atoms with Gasteiger partial charge in [0.15, 0.2) is 0 Å². The van der Waals surface area contributed by atoms with Gasteiger partial charge >= 0.3 is 0 Å². The fourth-order valence-corrected chi connectivity index (χ4v) is 3.05. The summed E-state index contributed by atoms with van der Waals surface area (Å²) >= 11 is 0. The van der Waals surface area contributed by atoms with Crippen LogP contribution in [0.15, 0.2) is 23.9 Å². The number of aliphatic hydroxyl groups excluding tert-OH is 1. The lowest BCUT2D eigenvalue weighted by atomic mass is 9.97. The van der Waals surface area contributed by atoms with Crippen molar-refractivity contribution in [2.45, 2.75) is 27.7 Å². The Bertz CT molecular complexity index is 692. The zero-order valence-corrected chi connectivity index (χ0v) is 15.1. The van der Waals surface area contributed by atoms with Crippen molar-refractivity contribution >= 4 is 17.4 Å². The second-order valence-corrected chi connectivity index (χ2v) is 6.80. The topological polar surface area (TPSA) is 60.9 Å². The molecule has 2 amide bonds. The van der Waals surface area contributed by atoms with Crippen molar-refractivity contribution in [3.05, 3.63) is 40.6 Å². The maximum Gasteiger partial charge on any atom is 0.277 e. The summed E-state index contributed by atoms with van der Waals surface area (Å²) in [5.74, 6) is -0.333. The second-order valence-electron chi connectivity index (χ2n) is 6.80. The average molecular weight is 330 g/mol. The molecular weight excluding hydrogens is 304 g/mol. The number of likely N-dealkylation sites (N-methyl/N-ethyl adjacent to an activating group) is 1. The summed E-state index contributed by atoms with van der Waals surface area (Å²) < 4.78 is 0. The van der Waals surface area contributed by atoms with E-state index in [9.17, 15) is 14.7 Å². The fraction of sp³-hybridized carbons (Fsp3) is 0.474. The highest BCUT2D eigenvalue weighted by atomic mass is 16.3. The van der Waals surface area contributed by atoms with Gasteiger partial charge in [0.25, 0.3) is 11.8 Å². The number of rotatable bonds is 6. The summed E-state index contributed by atoms with van der Waals surface area (Å²) in [5, 5.41) is 9.23. The number of aryl methyl sites for hydroxylation is 2. The number of carbonyl (C=O) groups excluding carboxylic acids is 2. The molecule has 130 valence electrons. The first-order valence-electron chi connectivity index (χ1n) is 8.28. The highest BCUT2D eigenvalue weighted by Gasteiger charge is 2.41. The number of amides is 2. The van der Waals surface area contributed by atoms with Gasteiger partial charge in [0.1, 0.15) is 5.70 Å². The molecule has 1 aromatic carbocycles. The van der Waals surface area contributed by atoms with Gasteiger partial charge in [-0.05, 0) is 30.9 Å². The lowest BCUT2D eigenvalue weighted by Gasteiger charge is -2.21. The molecule has 0 atom stereocenters. The Morgan fingerprint density at radius 3 is 2.38 bits per heavy atom. The maximum atomic E-state index is 13.0. The number of nitrogens with zero attached hydrogens (tertiary/aromatic N) is 2. The second kappa shape index (κ2) is 7.18. The summed E-state index contributed by atoms with van der Waals surface area (Å²) in [6.07, 6.45) is 0. The van der Waals surface area contributed by atoms with Crippen LogP contribution in [-0.4, -0.2) is 53.5 Å². The largest absolute Gasteiger partial charge is 0.395 e. The van der Waals surface area contributed by atoms with Crippen LogP contribution in [0.1, 0.15) is 30.5 Å². The standard InChI is InChI=1S/C19H26N2O3/c1-12(2)11-21-18(23)16(15-7-6-13(3)10-14(15)4)17(19(21)24)20(5)8-9-22/h6-7,10,12,22H,8-9,11H2,1-5H3. The summed E-state index contributed by atoms with van der Waals surface area (Å²) in [4.78, 5) is 28.8. The Hall–Kier alpha value is -2.14. The van der Waals surface area contributed by atoms with Crippen molar-refractivity contribution in [3.8, 4) is 0 Å². The van der Waals surface area contributed by atoms with Gasteiger partial charge in [0, 0.05) is 20.1 Å². The van der Waals surface area contributed by atoms with Crippen LogP contribution in [0.25, 0.3) is 5.57 Å². The molecule has 1 aliphatic rings. The molecule has 0 radical (unpaired) electrons. The minimum Gasteiger partial charge on any atom is -0.395 e. The van der Waals surface area contributed by atoms with Crippen LogP contribution < -0.4 is 0 Å². The lowest BCUT2D eigenvalue weighted by Crippen LogP contribution is -2.37. The molecule has 0 saturated carbocycles. The Labute approximate surface area is 143 Å². The zero-order valence-electron chi connectivity index (χ0n) is 15.1. The molecule has 0 aromatic heterocycles. The molecule has 1 N–H and O–H groups in total. The Morgan fingerprint density at radius 1 is 1.17 bits per heavy atom. The third kappa shape index (κ3) is 3.36. The highest BCUT2D eigenvalue weighted by molar-refractivity contribution is 6.35. The predicted octanol–water partition coefficient (Wildman–Crippen LogP) is 1.96. The summed E-state index contributed by atoms with van der Waals surface area (Å²) in [6, 6.07) is 5.85. The average Bonchev–Trinajstić information content (AvgIpc) is 2.72. The van der Waals surface area contributed by atoms with E-state index in [0.717, 1.165) is 16.7 Å². The van der Waals surface area contributed by atoms with Crippen LogP contribution in [0.4, 0.5) is 0 Å². The Balaban J connectivity index is 2.58. The van der Waals surface area contributed by atoms with Crippen molar-refractivity contribution in [2.75, 3.05) is 26.7 Å². The molecule has 0 bridgehead atoms. The van der Waals surface area contributed by atoms with Crippen LogP contribution in [0.2, 0.25) is 0 Å². The predicted molar refractivity (Wildman–Crippen MR) is 94.1 cm³/mol. The van der Waals surface area contributed by atoms with Gasteiger partial charge < -0.3 is 10.0 Å². The first-order valence-corrected chi connectivity index (χ1v) is 8.28. The number of carbonyl (C=O) groups is 2. The van der Waals surface area contributed by atoms with Gasteiger partial charge in [-0.3, -0.25) is 14.5 Å². The van der Waals surface area contributed by atoms with E-state index in [1.54, 1.807) is 11.9 Å². The quantitative estimate of drug-likeness (QED) is 0.810. The molecule has 0 saturated heterocycles. The van der Waals surface area contributed by atoms with Gasteiger partial charge in [-0.2, -0.15) is 0 Å². The molecule has 0 unspecified atom stereocenters. The van der Waals surface area contributed by atoms with Crippen molar-refractivity contribution in [2.24, 2.45) is 5.92 Å². The first-order chi connectivity index (χ1) is 11.3. The van der Waals surface area contributed by atoms with E-state index in [-0.39, 0.29) is 24.3 Å². The molecule has 5 nitrogen and oxygen atoms in total. The Morgan fingerprint density at radius 2 is 1.83 bits per heavy atom. The molecule has 1 heterocycles. The van der Waals surface area contributed by atoms with Crippen LogP contribution in [0.3, 0.4) is 0 Å². The zero-order chi connectivity index (χ0) is 18.0. The van der Waals surface area contributed by atoms with Gasteiger partial charge in [-0.1, -0.05) is 37.6 Å². The summed E-state index contributed by atoms with van der Waals surface area (Å²) in [6.45, 7) is 8.52. The number of hydrogen-bond donors (Lipinski definition) is 1. The number of hydrogen-bond acceptors (Lipinski definition) is 4. The van der Waals surface area contributed by atoms with Crippen LogP contribution in [0, 0.1) is 19.8 Å². The molecule has 1 aromatic rings. The summed E-state index contributed by atoms with van der Waals surface area (Å²) in [5.41, 5.74) is 3.67. The number of aliphatic hydroxyl groups is 1. The van der Waals surface area contributed by atoms with Gasteiger partial charge in [-0.25, -0.2) is 0 Å². The maximum absolute atomic E-state index is 13.0. The lowest BCUT2D eigenvalue weighted by molar-refractivity contribution is -0.138. The van der Waals surface area contributed by atoms with Gasteiger partial charge in [0.2, 0.25) is 0 Å². The molecule has 0 aliphatic carbocycles. The van der Waals surface area contributed by atoms with Crippen LogP contribution in [0.5, 0.6) is 0 Å². The molecule has 2 rings (SSSR count). The molecule has 0 spiro atoms. The molecule has 24 heavy (non-hydrogen) atoms. The Kier molecular flexibility index (Phi) is 5.44. The summed E-state index contributed by atoms with van der Waals surface area (Å²) in [7, 11) is 1.74. The van der Waals surface area contributed by atoms with Gasteiger partial charge in [-0.15, -0.1) is 0 Å². The number of benzene rings is 1. The van der Waals surface area contributed by atoms with E-state index < -0.39 is 0 Å². The van der Waals surface area contributed by atoms with Crippen LogP contribution >= 0.6 is 0 Å². The van der Waals surface area contributed by atoms with E-state index in [4.69, 9.17) is 0 Å². The van der Waals surface area contributed by atoms with E-state index in [0.29, 0.717) is 24.4 Å². The van der Waals surface area contributed by atoms with E-state index in [2.05, 4.69) is 0 Å². The molecule has 5 heteroatoms. The van der Waals surface area contributed by atoms with Crippen molar-refractivity contribution in [1.82, 2.24) is 9.80 Å². The number of imide groups is 1. The van der Waals surface area contributed by atoms with E-state index in [1.807, 2.05) is 45.9 Å². The minimum atomic E-state index is -0.278. The van der Waals surface area contributed by atoms with Gasteiger partial charge in [0.05, 0.1) is 12.2 Å². The fourth-order valence-electron chi connectivity index (χ4n) is 3.05. The van der Waals surface area contributed by atoms with Crippen molar-refractivity contribution < 1.29 is 14.7 Å². The van der Waals surface area contributed by atoms with E-state index >= 15 is 0 Å². The SMILES string of the molecule is Cc1ccc(C2=C(N(C)CCO)C(=O)N(CC(C)C)C2=O)c(C)c1. The monoisotopic (exact) mass is 330 g/mol. The van der Waals surface area contributed by atoms with Crippen molar-refractivity contribution in [1.29, 1.82) is 0 Å². The molecule has 1 aliphatic heterocycles. The third-order valence-corrected chi connectivity index (χ3v) is 4.16. The minimum absolute atomic E-state index is 0.0776. The molecule has 0 fully saturated rings. The first kappa shape index (κ1) is 18.2. The van der Waals surface area contributed by atoms with E-state index in [1.165, 1.54) is 4.90 Å². The third-order valence-electron chi connectivity index (χ3n) is 4.16. The van der Waals surface area contributed by atoms with Crippen LogP contribution in [-0.2, 0) is 9.59 Å². The highest BCUT2D eigenvalue weighted by Crippen LogP contribution is 2.33.